The van der Waals surface area contributed by atoms with Crippen molar-refractivity contribution in [3.63, 3.8) is 0 Å². The summed E-state index contributed by atoms with van der Waals surface area (Å²) in [6.45, 7) is 0.118. The quantitative estimate of drug-likeness (QED) is 0.513. The number of nitrogens with zero attached hydrogens (tertiary/aromatic N) is 1. The van der Waals surface area contributed by atoms with Crippen LogP contribution in [0.5, 0.6) is 0 Å². The van der Waals surface area contributed by atoms with E-state index < -0.39 is 33.3 Å². The maximum Gasteiger partial charge on any atom is 0.288 e. The molecule has 5 nitrogen and oxygen atoms in total. The van der Waals surface area contributed by atoms with Crippen LogP contribution in [-0.4, -0.2) is 37.5 Å². The number of carbonyl (C=O) groups excluding carboxylic acids is 1. The highest BCUT2D eigenvalue weighted by Gasteiger charge is 2.32. The lowest BCUT2D eigenvalue weighted by Gasteiger charge is -2.30. The number of thioether (sulfide) groups is 1. The minimum absolute atomic E-state index is 0.0589. The summed E-state index contributed by atoms with van der Waals surface area (Å²) in [4.78, 5) is 12.5. The minimum atomic E-state index is -3.99. The van der Waals surface area contributed by atoms with Gasteiger partial charge in [-0.3, -0.25) is 4.79 Å². The summed E-state index contributed by atoms with van der Waals surface area (Å²) in [5, 5.41) is 2.70. The first-order valence-corrected chi connectivity index (χ1v) is 11.3. The van der Waals surface area contributed by atoms with Crippen LogP contribution < -0.4 is 5.32 Å². The molecule has 0 aliphatic carbocycles. The normalized spacial score (nSPS) is 16.0. The van der Waals surface area contributed by atoms with Crippen molar-refractivity contribution in [2.75, 3.05) is 18.4 Å². The lowest BCUT2D eigenvalue weighted by atomic mass is 9.97. The van der Waals surface area contributed by atoms with E-state index in [-0.39, 0.29) is 36.7 Å². The second-order valence-electron chi connectivity index (χ2n) is 6.65. The van der Waals surface area contributed by atoms with E-state index in [0.717, 1.165) is 16.4 Å². The van der Waals surface area contributed by atoms with E-state index in [9.17, 15) is 30.8 Å². The van der Waals surface area contributed by atoms with Gasteiger partial charge >= 0.3 is 0 Å². The minimum Gasteiger partial charge on any atom is -0.326 e. The molecule has 162 valence electrons. The lowest BCUT2D eigenvalue weighted by Crippen LogP contribution is -2.41. The van der Waals surface area contributed by atoms with Crippen molar-refractivity contribution in [2.45, 2.75) is 28.4 Å². The number of rotatable bonds is 6. The van der Waals surface area contributed by atoms with E-state index >= 15 is 0 Å². The number of sulfonamides is 1. The van der Waals surface area contributed by atoms with Crippen molar-refractivity contribution in [3.05, 3.63) is 54.1 Å². The maximum absolute atomic E-state index is 13.4. The molecule has 0 saturated carbocycles. The molecule has 1 aliphatic rings. The third-order valence-corrected chi connectivity index (χ3v) is 7.32. The van der Waals surface area contributed by atoms with Gasteiger partial charge in [0.1, 0.15) is 0 Å². The Labute approximate surface area is 175 Å². The Morgan fingerprint density at radius 2 is 1.67 bits per heavy atom. The van der Waals surface area contributed by atoms with Crippen molar-refractivity contribution in [3.8, 4) is 0 Å². The number of amides is 1. The van der Waals surface area contributed by atoms with Gasteiger partial charge in [0.15, 0.2) is 11.6 Å². The summed E-state index contributed by atoms with van der Waals surface area (Å²) in [6.07, 6.45) is 0.516. The first-order chi connectivity index (χ1) is 14.2. The average molecular weight is 462 g/mol. The molecule has 0 atom stereocenters. The number of anilines is 1. The van der Waals surface area contributed by atoms with E-state index in [1.807, 2.05) is 0 Å². The highest BCUT2D eigenvalue weighted by Crippen LogP contribution is 2.28. The average Bonchev–Trinajstić information content (AvgIpc) is 2.71. The third-order valence-electron chi connectivity index (χ3n) is 4.70. The first kappa shape index (κ1) is 22.6. The molecule has 2 aromatic carbocycles. The Morgan fingerprint density at radius 1 is 1.03 bits per heavy atom. The second kappa shape index (κ2) is 9.36. The predicted molar refractivity (Wildman–Crippen MR) is 105 cm³/mol. The fraction of sp³-hybridized carbons (Fsp3) is 0.316. The van der Waals surface area contributed by atoms with Gasteiger partial charge in [-0.15, -0.1) is 0 Å². The molecule has 30 heavy (non-hydrogen) atoms. The zero-order chi connectivity index (χ0) is 21.9. The zero-order valence-corrected chi connectivity index (χ0v) is 17.2. The van der Waals surface area contributed by atoms with Crippen molar-refractivity contribution in [1.82, 2.24) is 4.31 Å². The Balaban J connectivity index is 1.58. The second-order valence-corrected chi connectivity index (χ2v) is 9.65. The molecule has 1 aliphatic heterocycles. The largest absolute Gasteiger partial charge is 0.326 e. The Morgan fingerprint density at radius 3 is 2.23 bits per heavy atom. The molecule has 1 fully saturated rings. The molecule has 11 heteroatoms. The fourth-order valence-electron chi connectivity index (χ4n) is 3.11. The van der Waals surface area contributed by atoms with Gasteiger partial charge in [0.05, 0.1) is 4.90 Å². The van der Waals surface area contributed by atoms with Crippen molar-refractivity contribution < 1.29 is 30.8 Å². The van der Waals surface area contributed by atoms with Gasteiger partial charge in [0, 0.05) is 29.6 Å². The lowest BCUT2D eigenvalue weighted by molar-refractivity contribution is -0.120. The standard InChI is InChI=1S/C19H18F4N2O3S2/c20-16-6-5-15(11-17(16)21)30(27,28)25-9-7-12(8-10-25)18(26)24-13-1-3-14(4-2-13)29-19(22)23/h1-6,11-12,19H,7-10H2,(H,24,26). The molecule has 0 radical (unpaired) electrons. The third kappa shape index (κ3) is 5.32. The highest BCUT2D eigenvalue weighted by molar-refractivity contribution is 7.99. The van der Waals surface area contributed by atoms with Gasteiger partial charge in [-0.05, 0) is 55.3 Å². The number of carbonyl (C=O) groups is 1. The van der Waals surface area contributed by atoms with Crippen LogP contribution in [0.15, 0.2) is 52.3 Å². The predicted octanol–water partition coefficient (Wildman–Crippen LogP) is 4.32. The number of nitrogens with one attached hydrogen (secondary N) is 1. The van der Waals surface area contributed by atoms with Crippen molar-refractivity contribution in [2.24, 2.45) is 5.92 Å². The molecule has 0 bridgehead atoms. The van der Waals surface area contributed by atoms with Crippen LogP contribution in [0.4, 0.5) is 23.2 Å². The van der Waals surface area contributed by atoms with E-state index in [0.29, 0.717) is 28.4 Å². The Kier molecular flexibility index (Phi) is 7.04. The van der Waals surface area contributed by atoms with E-state index in [4.69, 9.17) is 0 Å². The van der Waals surface area contributed by atoms with Crippen LogP contribution in [0.2, 0.25) is 0 Å². The van der Waals surface area contributed by atoms with Crippen LogP contribution in [0.1, 0.15) is 12.8 Å². The number of halogens is 4. The Bertz CT molecular complexity index is 1010. The summed E-state index contributed by atoms with van der Waals surface area (Å²) in [6, 6.07) is 8.39. The molecule has 3 rings (SSSR count). The van der Waals surface area contributed by atoms with Gasteiger partial charge in [-0.2, -0.15) is 13.1 Å². The SMILES string of the molecule is O=C(Nc1ccc(SC(F)F)cc1)C1CCN(S(=O)(=O)c2ccc(F)c(F)c2)CC1. The molecule has 1 saturated heterocycles. The van der Waals surface area contributed by atoms with Gasteiger partial charge in [-0.1, -0.05) is 11.8 Å². The topological polar surface area (TPSA) is 66.5 Å². The van der Waals surface area contributed by atoms with E-state index in [2.05, 4.69) is 5.32 Å². The number of alkyl halides is 2. The van der Waals surface area contributed by atoms with Gasteiger partial charge in [0.25, 0.3) is 5.76 Å². The van der Waals surface area contributed by atoms with E-state index in [1.54, 1.807) is 0 Å². The number of piperidine rings is 1. The first-order valence-electron chi connectivity index (χ1n) is 8.98. The van der Waals surface area contributed by atoms with Gasteiger partial charge < -0.3 is 5.32 Å². The van der Waals surface area contributed by atoms with Crippen molar-refractivity contribution in [1.29, 1.82) is 0 Å². The number of hydrogen-bond acceptors (Lipinski definition) is 4. The molecule has 0 spiro atoms. The van der Waals surface area contributed by atoms with E-state index in [1.165, 1.54) is 24.3 Å². The molecule has 2 aromatic rings. The van der Waals surface area contributed by atoms with Gasteiger partial charge in [-0.25, -0.2) is 17.2 Å². The summed E-state index contributed by atoms with van der Waals surface area (Å²) in [5.74, 6) is -5.64. The smallest absolute Gasteiger partial charge is 0.288 e. The summed E-state index contributed by atoms with van der Waals surface area (Å²) >= 11 is 0.404. The molecule has 0 unspecified atom stereocenters. The summed E-state index contributed by atoms with van der Waals surface area (Å²) in [5.41, 5.74) is 0.454. The molecule has 0 aromatic heterocycles. The van der Waals surface area contributed by atoms with Crippen LogP contribution in [0, 0.1) is 17.6 Å². The maximum atomic E-state index is 13.4. The van der Waals surface area contributed by atoms with Crippen LogP contribution in [0.25, 0.3) is 0 Å². The molecule has 1 heterocycles. The Hall–Kier alpha value is -2.11. The summed E-state index contributed by atoms with van der Waals surface area (Å²) in [7, 11) is -3.99. The highest BCUT2D eigenvalue weighted by atomic mass is 32.2. The molecular formula is C19H18F4N2O3S2. The molecule has 1 N–H and O–H groups in total. The monoisotopic (exact) mass is 462 g/mol. The van der Waals surface area contributed by atoms with Crippen LogP contribution in [-0.2, 0) is 14.8 Å². The van der Waals surface area contributed by atoms with Crippen molar-refractivity contribution >= 4 is 33.4 Å². The number of hydrogen-bond donors (Lipinski definition) is 1. The fourth-order valence-corrected chi connectivity index (χ4v) is 5.09. The number of benzene rings is 2. The molecular weight excluding hydrogens is 444 g/mol. The molecule has 1 amide bonds. The zero-order valence-electron chi connectivity index (χ0n) is 15.5. The van der Waals surface area contributed by atoms with Gasteiger partial charge in [0.2, 0.25) is 15.9 Å². The van der Waals surface area contributed by atoms with Crippen LogP contribution in [0.3, 0.4) is 0 Å². The van der Waals surface area contributed by atoms with Crippen LogP contribution >= 0.6 is 11.8 Å². The summed E-state index contributed by atoms with van der Waals surface area (Å²) < 4.78 is 77.5.